The Kier molecular flexibility index (Phi) is 4.52. The highest BCUT2D eigenvalue weighted by Crippen LogP contribution is 2.21. The molecule has 0 atom stereocenters. The van der Waals surface area contributed by atoms with Crippen LogP contribution in [0.3, 0.4) is 0 Å². The molecule has 0 amide bonds. The first-order valence-corrected chi connectivity index (χ1v) is 6.38. The van der Waals surface area contributed by atoms with E-state index in [0.29, 0.717) is 13.2 Å². The standard InChI is InChI=1S/C14H19N3O2/c1-4-17-14(15-11(2)16-17)12-5-7-13(8-6-12)19-10-9-18-3/h5-8H,4,9-10H2,1-3H3. The predicted octanol–water partition coefficient (Wildman–Crippen LogP) is 2.30. The second-order valence-electron chi connectivity index (χ2n) is 4.16. The maximum Gasteiger partial charge on any atom is 0.158 e. The molecule has 0 fully saturated rings. The molecule has 19 heavy (non-hydrogen) atoms. The number of aryl methyl sites for hydroxylation is 2. The monoisotopic (exact) mass is 261 g/mol. The van der Waals surface area contributed by atoms with Gasteiger partial charge in [-0.05, 0) is 38.1 Å². The number of ether oxygens (including phenoxy) is 2. The molecule has 2 aromatic rings. The predicted molar refractivity (Wildman–Crippen MR) is 73.2 cm³/mol. The lowest BCUT2D eigenvalue weighted by Crippen LogP contribution is -2.04. The molecule has 102 valence electrons. The molecule has 0 unspecified atom stereocenters. The van der Waals surface area contributed by atoms with E-state index in [4.69, 9.17) is 9.47 Å². The van der Waals surface area contributed by atoms with Crippen molar-refractivity contribution in [2.75, 3.05) is 20.3 Å². The topological polar surface area (TPSA) is 49.2 Å². The van der Waals surface area contributed by atoms with E-state index in [0.717, 1.165) is 29.5 Å². The molecule has 5 nitrogen and oxygen atoms in total. The third-order valence-corrected chi connectivity index (χ3v) is 2.75. The zero-order valence-corrected chi connectivity index (χ0v) is 11.6. The van der Waals surface area contributed by atoms with Gasteiger partial charge in [0.05, 0.1) is 6.61 Å². The van der Waals surface area contributed by atoms with E-state index < -0.39 is 0 Å². The van der Waals surface area contributed by atoms with Gasteiger partial charge in [0.25, 0.3) is 0 Å². The second kappa shape index (κ2) is 6.33. The van der Waals surface area contributed by atoms with Crippen LogP contribution < -0.4 is 4.74 Å². The molecule has 0 aliphatic carbocycles. The molecule has 0 saturated carbocycles. The highest BCUT2D eigenvalue weighted by molar-refractivity contribution is 5.56. The van der Waals surface area contributed by atoms with Gasteiger partial charge < -0.3 is 9.47 Å². The number of hydrogen-bond donors (Lipinski definition) is 0. The molecule has 0 radical (unpaired) electrons. The summed E-state index contributed by atoms with van der Waals surface area (Å²) in [6.07, 6.45) is 0. The quantitative estimate of drug-likeness (QED) is 0.749. The molecule has 1 heterocycles. The van der Waals surface area contributed by atoms with Gasteiger partial charge in [-0.2, -0.15) is 5.10 Å². The van der Waals surface area contributed by atoms with Gasteiger partial charge >= 0.3 is 0 Å². The van der Waals surface area contributed by atoms with Crippen LogP contribution in [0, 0.1) is 6.92 Å². The lowest BCUT2D eigenvalue weighted by Gasteiger charge is -2.07. The van der Waals surface area contributed by atoms with E-state index in [1.807, 2.05) is 35.9 Å². The number of benzene rings is 1. The van der Waals surface area contributed by atoms with E-state index in [1.54, 1.807) is 7.11 Å². The van der Waals surface area contributed by atoms with Gasteiger partial charge in [0, 0.05) is 19.2 Å². The molecule has 0 aliphatic heterocycles. The van der Waals surface area contributed by atoms with Gasteiger partial charge in [0.1, 0.15) is 18.2 Å². The van der Waals surface area contributed by atoms with Crippen LogP contribution in [0.15, 0.2) is 24.3 Å². The van der Waals surface area contributed by atoms with Gasteiger partial charge in [-0.15, -0.1) is 0 Å². The first kappa shape index (κ1) is 13.5. The molecule has 0 aliphatic rings. The van der Waals surface area contributed by atoms with Crippen LogP contribution in [0.2, 0.25) is 0 Å². The Labute approximate surface area is 113 Å². The van der Waals surface area contributed by atoms with Crippen molar-refractivity contribution in [3.8, 4) is 17.1 Å². The molecular formula is C14H19N3O2. The largest absolute Gasteiger partial charge is 0.491 e. The highest BCUT2D eigenvalue weighted by atomic mass is 16.5. The minimum atomic E-state index is 0.556. The van der Waals surface area contributed by atoms with Crippen LogP contribution in [-0.2, 0) is 11.3 Å². The fourth-order valence-corrected chi connectivity index (χ4v) is 1.83. The first-order chi connectivity index (χ1) is 9.24. The first-order valence-electron chi connectivity index (χ1n) is 6.38. The maximum atomic E-state index is 5.53. The van der Waals surface area contributed by atoms with Crippen molar-refractivity contribution in [1.29, 1.82) is 0 Å². The normalized spacial score (nSPS) is 10.7. The Morgan fingerprint density at radius 2 is 1.89 bits per heavy atom. The van der Waals surface area contributed by atoms with Gasteiger partial charge in [-0.25, -0.2) is 9.67 Å². The smallest absolute Gasteiger partial charge is 0.158 e. The maximum absolute atomic E-state index is 5.53. The van der Waals surface area contributed by atoms with Crippen molar-refractivity contribution in [3.05, 3.63) is 30.1 Å². The summed E-state index contributed by atoms with van der Waals surface area (Å²) in [6.45, 7) is 5.91. The van der Waals surface area contributed by atoms with E-state index in [1.165, 1.54) is 0 Å². The number of nitrogens with zero attached hydrogens (tertiary/aromatic N) is 3. The van der Waals surface area contributed by atoms with E-state index >= 15 is 0 Å². The fourth-order valence-electron chi connectivity index (χ4n) is 1.83. The number of methoxy groups -OCH3 is 1. The van der Waals surface area contributed by atoms with Crippen molar-refractivity contribution in [1.82, 2.24) is 14.8 Å². The van der Waals surface area contributed by atoms with Crippen molar-refractivity contribution in [3.63, 3.8) is 0 Å². The number of hydrogen-bond acceptors (Lipinski definition) is 4. The Morgan fingerprint density at radius 3 is 2.53 bits per heavy atom. The van der Waals surface area contributed by atoms with Gasteiger partial charge in [0.15, 0.2) is 5.82 Å². The molecule has 0 N–H and O–H groups in total. The third-order valence-electron chi connectivity index (χ3n) is 2.75. The summed E-state index contributed by atoms with van der Waals surface area (Å²) in [7, 11) is 1.66. The summed E-state index contributed by atoms with van der Waals surface area (Å²) >= 11 is 0. The molecule has 2 rings (SSSR count). The lowest BCUT2D eigenvalue weighted by molar-refractivity contribution is 0.146. The van der Waals surface area contributed by atoms with Crippen LogP contribution in [0.1, 0.15) is 12.7 Å². The Hall–Kier alpha value is -1.88. The zero-order chi connectivity index (χ0) is 13.7. The Balaban J connectivity index is 2.13. The highest BCUT2D eigenvalue weighted by Gasteiger charge is 2.08. The summed E-state index contributed by atoms with van der Waals surface area (Å²) in [5, 5.41) is 4.35. The van der Waals surface area contributed by atoms with E-state index in [9.17, 15) is 0 Å². The average molecular weight is 261 g/mol. The van der Waals surface area contributed by atoms with Crippen molar-refractivity contribution in [2.45, 2.75) is 20.4 Å². The number of aromatic nitrogens is 3. The zero-order valence-electron chi connectivity index (χ0n) is 11.6. The van der Waals surface area contributed by atoms with Crippen LogP contribution in [-0.4, -0.2) is 35.1 Å². The van der Waals surface area contributed by atoms with Crippen LogP contribution in [0.5, 0.6) is 5.75 Å². The van der Waals surface area contributed by atoms with Gasteiger partial charge in [0.2, 0.25) is 0 Å². The van der Waals surface area contributed by atoms with Crippen LogP contribution >= 0.6 is 0 Å². The van der Waals surface area contributed by atoms with Gasteiger partial charge in [-0.1, -0.05) is 0 Å². The SMILES string of the molecule is CCn1nc(C)nc1-c1ccc(OCCOC)cc1. The minimum absolute atomic E-state index is 0.556. The van der Waals surface area contributed by atoms with Gasteiger partial charge in [-0.3, -0.25) is 0 Å². The second-order valence-corrected chi connectivity index (χ2v) is 4.16. The Bertz CT molecular complexity index is 520. The van der Waals surface area contributed by atoms with E-state index in [2.05, 4.69) is 17.0 Å². The van der Waals surface area contributed by atoms with Crippen LogP contribution in [0.25, 0.3) is 11.4 Å². The van der Waals surface area contributed by atoms with Crippen molar-refractivity contribution < 1.29 is 9.47 Å². The Morgan fingerprint density at radius 1 is 1.16 bits per heavy atom. The molecule has 5 heteroatoms. The average Bonchev–Trinajstić information content (AvgIpc) is 2.81. The van der Waals surface area contributed by atoms with E-state index in [-0.39, 0.29) is 0 Å². The fraction of sp³-hybridized carbons (Fsp3) is 0.429. The van der Waals surface area contributed by atoms with Crippen LogP contribution in [0.4, 0.5) is 0 Å². The minimum Gasteiger partial charge on any atom is -0.491 e. The molecule has 1 aromatic heterocycles. The summed E-state index contributed by atoms with van der Waals surface area (Å²) < 4.78 is 12.4. The molecule has 1 aromatic carbocycles. The number of rotatable bonds is 6. The molecule has 0 bridgehead atoms. The summed E-state index contributed by atoms with van der Waals surface area (Å²) in [6, 6.07) is 7.87. The summed E-state index contributed by atoms with van der Waals surface area (Å²) in [5.74, 6) is 2.51. The summed E-state index contributed by atoms with van der Waals surface area (Å²) in [5.41, 5.74) is 1.04. The summed E-state index contributed by atoms with van der Waals surface area (Å²) in [4.78, 5) is 4.45. The molecular weight excluding hydrogens is 242 g/mol. The lowest BCUT2D eigenvalue weighted by atomic mass is 10.2. The third kappa shape index (κ3) is 3.32. The van der Waals surface area contributed by atoms with Crippen molar-refractivity contribution in [2.24, 2.45) is 0 Å². The molecule has 0 spiro atoms. The van der Waals surface area contributed by atoms with Crippen molar-refractivity contribution >= 4 is 0 Å². The molecule has 0 saturated heterocycles.